The van der Waals surface area contributed by atoms with E-state index < -0.39 is 11.7 Å². The monoisotopic (exact) mass is 274 g/mol. The Balaban J connectivity index is 2.16. The molecule has 1 aromatic heterocycles. The van der Waals surface area contributed by atoms with Gasteiger partial charge in [-0.3, -0.25) is 0 Å². The van der Waals surface area contributed by atoms with Crippen LogP contribution in [0.15, 0.2) is 36.5 Å². The third-order valence-electron chi connectivity index (χ3n) is 2.00. The van der Waals surface area contributed by atoms with Gasteiger partial charge >= 0.3 is 6.18 Å². The number of hydrogen-bond donors (Lipinski definition) is 0. The molecule has 0 N–H and O–H groups in total. The Morgan fingerprint density at radius 2 is 1.72 bits per heavy atom. The maximum absolute atomic E-state index is 12.3. The van der Waals surface area contributed by atoms with E-state index in [1.807, 2.05) is 0 Å². The molecule has 3 nitrogen and oxygen atoms in total. The lowest BCUT2D eigenvalue weighted by Crippen LogP contribution is -2.04. The van der Waals surface area contributed by atoms with E-state index in [0.717, 1.165) is 12.1 Å². The zero-order valence-electron chi connectivity index (χ0n) is 8.78. The Morgan fingerprint density at radius 3 is 2.28 bits per heavy atom. The van der Waals surface area contributed by atoms with Crippen molar-refractivity contribution >= 4 is 11.6 Å². The Bertz CT molecular complexity index is 543. The lowest BCUT2D eigenvalue weighted by Gasteiger charge is -2.08. The van der Waals surface area contributed by atoms with Crippen LogP contribution in [-0.4, -0.2) is 9.97 Å². The number of alkyl halides is 3. The molecule has 0 spiro atoms. The summed E-state index contributed by atoms with van der Waals surface area (Å²) in [6.45, 7) is 0. The van der Waals surface area contributed by atoms with Crippen molar-refractivity contribution in [2.75, 3.05) is 0 Å². The first kappa shape index (κ1) is 12.6. The summed E-state index contributed by atoms with van der Waals surface area (Å²) in [5.74, 6) is 0.396. The van der Waals surface area contributed by atoms with Crippen molar-refractivity contribution in [2.24, 2.45) is 0 Å². The SMILES string of the molecule is FC(F)(F)c1ccc(Oc2ccnc(Cl)n2)cc1. The van der Waals surface area contributed by atoms with Gasteiger partial charge in [0.05, 0.1) is 5.56 Å². The van der Waals surface area contributed by atoms with Gasteiger partial charge in [0, 0.05) is 12.3 Å². The lowest BCUT2D eigenvalue weighted by molar-refractivity contribution is -0.137. The van der Waals surface area contributed by atoms with Crippen LogP contribution in [-0.2, 0) is 6.18 Å². The second kappa shape index (κ2) is 4.81. The third kappa shape index (κ3) is 3.10. The molecule has 0 bridgehead atoms. The molecule has 1 aromatic carbocycles. The van der Waals surface area contributed by atoms with Gasteiger partial charge in [-0.15, -0.1) is 0 Å². The second-order valence-electron chi connectivity index (χ2n) is 3.29. The summed E-state index contributed by atoms with van der Waals surface area (Å²) in [7, 11) is 0. The van der Waals surface area contributed by atoms with Crippen molar-refractivity contribution in [2.45, 2.75) is 6.18 Å². The first-order chi connectivity index (χ1) is 8.45. The molecule has 0 atom stereocenters. The van der Waals surface area contributed by atoms with Crippen molar-refractivity contribution < 1.29 is 17.9 Å². The summed E-state index contributed by atoms with van der Waals surface area (Å²) < 4.78 is 42.2. The molecule has 7 heteroatoms. The molecule has 0 saturated heterocycles. The molecule has 0 amide bonds. The Hall–Kier alpha value is -1.82. The topological polar surface area (TPSA) is 35.0 Å². The molecular weight excluding hydrogens is 269 g/mol. The smallest absolute Gasteiger partial charge is 0.416 e. The van der Waals surface area contributed by atoms with Crippen LogP contribution >= 0.6 is 11.6 Å². The maximum atomic E-state index is 12.3. The third-order valence-corrected chi connectivity index (χ3v) is 2.19. The molecule has 0 aliphatic carbocycles. The van der Waals surface area contributed by atoms with Crippen LogP contribution < -0.4 is 4.74 Å². The average molecular weight is 275 g/mol. The zero-order chi connectivity index (χ0) is 13.2. The molecule has 0 unspecified atom stereocenters. The van der Waals surface area contributed by atoms with Crippen molar-refractivity contribution in [3.63, 3.8) is 0 Å². The summed E-state index contributed by atoms with van der Waals surface area (Å²) in [5.41, 5.74) is -0.740. The second-order valence-corrected chi connectivity index (χ2v) is 3.63. The van der Waals surface area contributed by atoms with Crippen molar-refractivity contribution in [3.8, 4) is 11.6 Å². The number of ether oxygens (including phenoxy) is 1. The van der Waals surface area contributed by atoms with E-state index in [9.17, 15) is 13.2 Å². The van der Waals surface area contributed by atoms with E-state index >= 15 is 0 Å². The van der Waals surface area contributed by atoms with Crippen LogP contribution in [0.1, 0.15) is 5.56 Å². The highest BCUT2D eigenvalue weighted by Gasteiger charge is 2.30. The average Bonchev–Trinajstić information content (AvgIpc) is 2.28. The highest BCUT2D eigenvalue weighted by atomic mass is 35.5. The number of aromatic nitrogens is 2. The van der Waals surface area contributed by atoms with E-state index in [2.05, 4.69) is 9.97 Å². The van der Waals surface area contributed by atoms with Gasteiger partial charge in [0.1, 0.15) is 5.75 Å². The Morgan fingerprint density at radius 1 is 1.06 bits per heavy atom. The van der Waals surface area contributed by atoms with Crippen molar-refractivity contribution in [3.05, 3.63) is 47.4 Å². The van der Waals surface area contributed by atoms with Gasteiger partial charge in [-0.25, -0.2) is 4.98 Å². The van der Waals surface area contributed by atoms with Gasteiger partial charge in [-0.1, -0.05) is 0 Å². The highest BCUT2D eigenvalue weighted by molar-refractivity contribution is 6.28. The molecule has 0 radical (unpaired) electrons. The Kier molecular flexibility index (Phi) is 3.38. The molecule has 0 aliphatic rings. The molecule has 0 saturated carbocycles. The van der Waals surface area contributed by atoms with Crippen molar-refractivity contribution in [1.82, 2.24) is 9.97 Å². The molecule has 0 aliphatic heterocycles. The van der Waals surface area contributed by atoms with Crippen LogP contribution in [0.2, 0.25) is 5.28 Å². The number of hydrogen-bond acceptors (Lipinski definition) is 3. The van der Waals surface area contributed by atoms with Gasteiger partial charge in [-0.05, 0) is 35.9 Å². The minimum atomic E-state index is -4.36. The first-order valence-corrected chi connectivity index (χ1v) is 5.16. The fourth-order valence-electron chi connectivity index (χ4n) is 1.21. The molecule has 0 fully saturated rings. The molecule has 2 aromatic rings. The summed E-state index contributed by atoms with van der Waals surface area (Å²) in [6, 6.07) is 5.72. The highest BCUT2D eigenvalue weighted by Crippen LogP contribution is 2.31. The van der Waals surface area contributed by atoms with Gasteiger partial charge in [-0.2, -0.15) is 18.2 Å². The van der Waals surface area contributed by atoms with Gasteiger partial charge < -0.3 is 4.74 Å². The number of rotatable bonds is 2. The molecular formula is C11H6ClF3N2O. The predicted molar refractivity (Wildman–Crippen MR) is 58.6 cm³/mol. The molecule has 18 heavy (non-hydrogen) atoms. The molecule has 2 rings (SSSR count). The van der Waals surface area contributed by atoms with Crippen LogP contribution in [0.3, 0.4) is 0 Å². The van der Waals surface area contributed by atoms with Gasteiger partial charge in [0.25, 0.3) is 0 Å². The standard InChI is InChI=1S/C11H6ClF3N2O/c12-10-16-6-5-9(17-10)18-8-3-1-7(2-4-8)11(13,14)15/h1-6H. The van der Waals surface area contributed by atoms with Gasteiger partial charge in [0.2, 0.25) is 11.2 Å². The van der Waals surface area contributed by atoms with Crippen molar-refractivity contribution in [1.29, 1.82) is 0 Å². The van der Waals surface area contributed by atoms with Crippen LogP contribution in [0.4, 0.5) is 13.2 Å². The first-order valence-electron chi connectivity index (χ1n) is 4.79. The zero-order valence-corrected chi connectivity index (χ0v) is 9.53. The fraction of sp³-hybridized carbons (Fsp3) is 0.0909. The normalized spacial score (nSPS) is 11.3. The maximum Gasteiger partial charge on any atom is 0.416 e. The summed E-state index contributed by atoms with van der Waals surface area (Å²) >= 11 is 5.55. The summed E-state index contributed by atoms with van der Waals surface area (Å²) in [6.07, 6.45) is -2.98. The quantitative estimate of drug-likeness (QED) is 0.778. The largest absolute Gasteiger partial charge is 0.439 e. The summed E-state index contributed by atoms with van der Waals surface area (Å²) in [5, 5.41) is -0.000545. The van der Waals surface area contributed by atoms with Crippen LogP contribution in [0.25, 0.3) is 0 Å². The fourth-order valence-corrected chi connectivity index (χ4v) is 1.35. The Labute approximate surface area is 105 Å². The van der Waals surface area contributed by atoms with E-state index in [-0.39, 0.29) is 16.9 Å². The minimum Gasteiger partial charge on any atom is -0.439 e. The van der Waals surface area contributed by atoms with Gasteiger partial charge in [0.15, 0.2) is 0 Å². The number of nitrogens with zero attached hydrogens (tertiary/aromatic N) is 2. The molecule has 1 heterocycles. The van der Waals surface area contributed by atoms with E-state index in [0.29, 0.717) is 0 Å². The predicted octanol–water partition coefficient (Wildman–Crippen LogP) is 3.94. The van der Waals surface area contributed by atoms with Crippen LogP contribution in [0.5, 0.6) is 11.6 Å². The van der Waals surface area contributed by atoms with E-state index in [1.54, 1.807) is 0 Å². The summed E-state index contributed by atoms with van der Waals surface area (Å²) in [4.78, 5) is 7.40. The number of benzene rings is 1. The minimum absolute atomic E-state index is 0.000545. The molecule has 94 valence electrons. The van der Waals surface area contributed by atoms with E-state index in [4.69, 9.17) is 16.3 Å². The lowest BCUT2D eigenvalue weighted by atomic mass is 10.2. The number of halogens is 4. The van der Waals surface area contributed by atoms with Crippen LogP contribution in [0, 0.1) is 0 Å². The van der Waals surface area contributed by atoms with E-state index in [1.165, 1.54) is 24.4 Å².